The van der Waals surface area contributed by atoms with Crippen molar-refractivity contribution < 1.29 is 13.6 Å². The van der Waals surface area contributed by atoms with Crippen molar-refractivity contribution in [1.82, 2.24) is 5.32 Å². The third-order valence-electron chi connectivity index (χ3n) is 5.31. The lowest BCUT2D eigenvalue weighted by Gasteiger charge is -2.25. The summed E-state index contributed by atoms with van der Waals surface area (Å²) in [6, 6.07) is 9.44. The van der Waals surface area contributed by atoms with E-state index in [0.717, 1.165) is 11.4 Å². The second-order valence-corrected chi connectivity index (χ2v) is 7.93. The highest BCUT2D eigenvalue weighted by molar-refractivity contribution is 7.08. The van der Waals surface area contributed by atoms with Gasteiger partial charge >= 0.3 is 6.03 Å². The summed E-state index contributed by atoms with van der Waals surface area (Å²) in [7, 11) is 0. The van der Waals surface area contributed by atoms with Gasteiger partial charge in [-0.25, -0.2) is 13.6 Å². The van der Waals surface area contributed by atoms with Crippen LogP contribution < -0.4 is 20.9 Å². The minimum absolute atomic E-state index is 0.0830. The summed E-state index contributed by atoms with van der Waals surface area (Å²) < 4.78 is 29.8. The summed E-state index contributed by atoms with van der Waals surface area (Å²) >= 11 is 1.42. The van der Waals surface area contributed by atoms with Crippen LogP contribution in [0.4, 0.5) is 30.6 Å². The number of nitrogens with one attached hydrogen (secondary N) is 3. The van der Waals surface area contributed by atoms with E-state index in [1.54, 1.807) is 29.6 Å². The summed E-state index contributed by atoms with van der Waals surface area (Å²) in [6.07, 6.45) is 0.0830. The Hall–Kier alpha value is -3.13. The Bertz CT molecular complexity index is 1100. The number of nitrogens with zero attached hydrogens (tertiary/aromatic N) is 1. The lowest BCUT2D eigenvalue weighted by molar-refractivity contribution is 0.251. The molecule has 1 aromatic heterocycles. The van der Waals surface area contributed by atoms with Crippen LogP contribution in [-0.2, 0) is 0 Å². The monoisotopic (exact) mass is 412 g/mol. The highest BCUT2D eigenvalue weighted by Gasteiger charge is 2.36. The fourth-order valence-electron chi connectivity index (χ4n) is 3.94. The molecule has 5 rings (SSSR count). The van der Waals surface area contributed by atoms with Gasteiger partial charge < -0.3 is 16.0 Å². The van der Waals surface area contributed by atoms with Crippen molar-refractivity contribution in [2.45, 2.75) is 19.1 Å². The SMILES string of the molecule is CC1Nc2ccc(N3C(=O)NCC3c3ccc(-c4ccsc4)c(F)c3F)cc2N1. The molecule has 1 fully saturated rings. The third kappa shape index (κ3) is 2.91. The molecule has 0 saturated carbocycles. The van der Waals surface area contributed by atoms with Crippen LogP contribution in [0.15, 0.2) is 47.2 Å². The molecule has 2 unspecified atom stereocenters. The molecule has 2 amide bonds. The molecule has 148 valence electrons. The van der Waals surface area contributed by atoms with E-state index < -0.39 is 17.7 Å². The van der Waals surface area contributed by atoms with Gasteiger partial charge in [-0.2, -0.15) is 11.3 Å². The summed E-state index contributed by atoms with van der Waals surface area (Å²) in [5, 5.41) is 12.9. The average Bonchev–Trinajstić information content (AvgIpc) is 3.42. The molecule has 0 radical (unpaired) electrons. The van der Waals surface area contributed by atoms with Crippen molar-refractivity contribution in [2.24, 2.45) is 0 Å². The molecule has 0 bridgehead atoms. The van der Waals surface area contributed by atoms with Crippen molar-refractivity contribution in [3.05, 3.63) is 64.4 Å². The Kier molecular flexibility index (Phi) is 4.16. The van der Waals surface area contributed by atoms with E-state index in [0.29, 0.717) is 11.3 Å². The van der Waals surface area contributed by atoms with Crippen molar-refractivity contribution >= 4 is 34.4 Å². The summed E-state index contributed by atoms with van der Waals surface area (Å²) in [6.45, 7) is 2.18. The number of benzene rings is 2. The van der Waals surface area contributed by atoms with Gasteiger partial charge in [0.15, 0.2) is 11.6 Å². The van der Waals surface area contributed by atoms with Crippen LogP contribution in [0, 0.1) is 11.6 Å². The van der Waals surface area contributed by atoms with Gasteiger partial charge in [0, 0.05) is 23.4 Å². The van der Waals surface area contributed by atoms with E-state index in [1.165, 1.54) is 16.2 Å². The molecular weight excluding hydrogens is 394 g/mol. The molecule has 1 saturated heterocycles. The average molecular weight is 412 g/mol. The Morgan fingerprint density at radius 1 is 1.07 bits per heavy atom. The molecule has 2 aliphatic heterocycles. The molecule has 3 N–H and O–H groups in total. The smallest absolute Gasteiger partial charge is 0.322 e. The van der Waals surface area contributed by atoms with E-state index in [2.05, 4.69) is 16.0 Å². The second kappa shape index (κ2) is 6.73. The molecule has 2 atom stereocenters. The van der Waals surface area contributed by atoms with Crippen molar-refractivity contribution in [2.75, 3.05) is 22.1 Å². The highest BCUT2D eigenvalue weighted by atomic mass is 32.1. The number of hydrogen-bond acceptors (Lipinski definition) is 4. The Labute approximate surface area is 170 Å². The first kappa shape index (κ1) is 17.9. The molecule has 0 aliphatic carbocycles. The largest absolute Gasteiger partial charge is 0.364 e. The highest BCUT2D eigenvalue weighted by Crippen LogP contribution is 2.39. The number of anilines is 3. The van der Waals surface area contributed by atoms with Gasteiger partial charge in [-0.1, -0.05) is 12.1 Å². The molecule has 8 heteroatoms. The number of amides is 2. The van der Waals surface area contributed by atoms with E-state index in [9.17, 15) is 9.18 Å². The summed E-state index contributed by atoms with van der Waals surface area (Å²) in [4.78, 5) is 14.0. The Morgan fingerprint density at radius 2 is 1.90 bits per heavy atom. The molecular formula is C21H18F2N4OS. The van der Waals surface area contributed by atoms with Crippen molar-refractivity contribution in [1.29, 1.82) is 0 Å². The van der Waals surface area contributed by atoms with Gasteiger partial charge in [0.2, 0.25) is 0 Å². The first-order valence-corrected chi connectivity index (χ1v) is 10.2. The number of carbonyl (C=O) groups excluding carboxylic acids is 1. The lowest BCUT2D eigenvalue weighted by atomic mass is 10.00. The maximum Gasteiger partial charge on any atom is 0.322 e. The maximum absolute atomic E-state index is 15.0. The van der Waals surface area contributed by atoms with Gasteiger partial charge in [0.1, 0.15) is 0 Å². The first-order valence-electron chi connectivity index (χ1n) is 9.27. The minimum atomic E-state index is -0.922. The minimum Gasteiger partial charge on any atom is -0.364 e. The van der Waals surface area contributed by atoms with Gasteiger partial charge in [-0.15, -0.1) is 0 Å². The van der Waals surface area contributed by atoms with E-state index in [1.807, 2.05) is 24.4 Å². The number of urea groups is 1. The zero-order valence-corrected chi connectivity index (χ0v) is 16.3. The van der Waals surface area contributed by atoms with Crippen LogP contribution in [0.3, 0.4) is 0 Å². The number of thiophene rings is 1. The summed E-state index contributed by atoms with van der Waals surface area (Å²) in [5.74, 6) is -1.82. The zero-order chi connectivity index (χ0) is 20.1. The number of hydrogen-bond donors (Lipinski definition) is 3. The summed E-state index contributed by atoms with van der Waals surface area (Å²) in [5.41, 5.74) is 3.44. The van der Waals surface area contributed by atoms with Crippen LogP contribution in [0.1, 0.15) is 18.5 Å². The van der Waals surface area contributed by atoms with Crippen LogP contribution >= 0.6 is 11.3 Å². The predicted molar refractivity (Wildman–Crippen MR) is 111 cm³/mol. The van der Waals surface area contributed by atoms with Crippen LogP contribution in [0.25, 0.3) is 11.1 Å². The topological polar surface area (TPSA) is 56.4 Å². The third-order valence-corrected chi connectivity index (χ3v) is 5.99. The maximum atomic E-state index is 15.0. The van der Waals surface area contributed by atoms with Crippen LogP contribution in [0.5, 0.6) is 0 Å². The molecule has 29 heavy (non-hydrogen) atoms. The zero-order valence-electron chi connectivity index (χ0n) is 15.5. The van der Waals surface area contributed by atoms with Gasteiger partial charge in [-0.05, 0) is 47.5 Å². The molecule has 3 aromatic rings. The fourth-order valence-corrected chi connectivity index (χ4v) is 4.60. The Morgan fingerprint density at radius 3 is 2.69 bits per heavy atom. The molecule has 2 aliphatic rings. The second-order valence-electron chi connectivity index (χ2n) is 7.15. The first-order chi connectivity index (χ1) is 14.0. The van der Waals surface area contributed by atoms with Crippen molar-refractivity contribution in [3.63, 3.8) is 0 Å². The molecule has 2 aromatic carbocycles. The molecule has 0 spiro atoms. The normalized spacial score (nSPS) is 20.2. The predicted octanol–water partition coefficient (Wildman–Crippen LogP) is 5.15. The van der Waals surface area contributed by atoms with Crippen molar-refractivity contribution in [3.8, 4) is 11.1 Å². The quantitative estimate of drug-likeness (QED) is 0.558. The fraction of sp³-hybridized carbons (Fsp3) is 0.190. The number of rotatable bonds is 3. The van der Waals surface area contributed by atoms with Gasteiger partial charge in [-0.3, -0.25) is 4.90 Å². The lowest BCUT2D eigenvalue weighted by Crippen LogP contribution is -2.30. The number of fused-ring (bicyclic) bond motifs is 1. The van der Waals surface area contributed by atoms with E-state index >= 15 is 4.39 Å². The van der Waals surface area contributed by atoms with E-state index in [4.69, 9.17) is 0 Å². The molecule has 3 heterocycles. The number of carbonyl (C=O) groups is 1. The van der Waals surface area contributed by atoms with Gasteiger partial charge in [0.05, 0.1) is 23.6 Å². The van der Waals surface area contributed by atoms with Gasteiger partial charge in [0.25, 0.3) is 0 Å². The standard InChI is InChI=1S/C21H18F2N4OS/c1-11-25-16-5-2-13(8-17(16)26-11)27-18(9-24-21(27)28)15-4-3-14(19(22)20(15)23)12-6-7-29-10-12/h2-8,10-11,18,25-26H,9H2,1H3,(H,24,28). The van der Waals surface area contributed by atoms with Crippen LogP contribution in [0.2, 0.25) is 0 Å². The molecule has 5 nitrogen and oxygen atoms in total. The van der Waals surface area contributed by atoms with Crippen LogP contribution in [-0.4, -0.2) is 18.7 Å². The van der Waals surface area contributed by atoms with E-state index in [-0.39, 0.29) is 29.9 Å². The Balaban J connectivity index is 1.53. The number of halogens is 2.